The van der Waals surface area contributed by atoms with Crippen molar-refractivity contribution >= 4 is 11.9 Å². The summed E-state index contributed by atoms with van der Waals surface area (Å²) in [7, 11) is 1.83. The van der Waals surface area contributed by atoms with Crippen molar-refractivity contribution in [1.29, 1.82) is 0 Å². The molecule has 3 saturated heterocycles. The highest BCUT2D eigenvalue weighted by molar-refractivity contribution is 5.82. The monoisotopic (exact) mass is 414 g/mol. The molecule has 164 valence electrons. The molecule has 0 bridgehead atoms. The molecule has 7 nitrogen and oxygen atoms in total. The molecule has 0 radical (unpaired) electrons. The van der Waals surface area contributed by atoms with Crippen LogP contribution in [0, 0.1) is 5.92 Å². The van der Waals surface area contributed by atoms with Crippen LogP contribution in [0.15, 0.2) is 35.3 Å². The van der Waals surface area contributed by atoms with Gasteiger partial charge in [-0.1, -0.05) is 30.3 Å². The summed E-state index contributed by atoms with van der Waals surface area (Å²) < 4.78 is 11.7. The van der Waals surface area contributed by atoms with E-state index >= 15 is 0 Å². The Kier molecular flexibility index (Phi) is 7.23. The Morgan fingerprint density at radius 3 is 2.43 bits per heavy atom. The van der Waals surface area contributed by atoms with E-state index in [0.29, 0.717) is 12.5 Å². The van der Waals surface area contributed by atoms with Crippen LogP contribution in [0.4, 0.5) is 0 Å². The number of carbonyl (C=O) groups excluding carboxylic acids is 1. The first-order valence-electron chi connectivity index (χ1n) is 11.3. The molecular weight excluding hydrogens is 380 g/mol. The van der Waals surface area contributed by atoms with E-state index in [1.54, 1.807) is 0 Å². The number of ether oxygens (including phenoxy) is 2. The fourth-order valence-electron chi connectivity index (χ4n) is 4.73. The lowest BCUT2D eigenvalue weighted by atomic mass is 9.89. The van der Waals surface area contributed by atoms with Crippen LogP contribution in [0.3, 0.4) is 0 Å². The Hall–Kier alpha value is -2.12. The van der Waals surface area contributed by atoms with Gasteiger partial charge in [-0.05, 0) is 31.2 Å². The van der Waals surface area contributed by atoms with E-state index in [1.165, 1.54) is 5.56 Å². The van der Waals surface area contributed by atoms with Crippen molar-refractivity contribution in [3.8, 4) is 0 Å². The van der Waals surface area contributed by atoms with Gasteiger partial charge in [-0.25, -0.2) is 0 Å². The van der Waals surface area contributed by atoms with Crippen molar-refractivity contribution in [1.82, 2.24) is 15.1 Å². The normalized spacial score (nSPS) is 27.9. The van der Waals surface area contributed by atoms with Gasteiger partial charge in [0.1, 0.15) is 6.10 Å². The minimum atomic E-state index is -0.227. The highest BCUT2D eigenvalue weighted by atomic mass is 16.5. The SMILES string of the molecule is CN=C(NCC1CCCOC1c1ccccc1)N1CCN(C(=O)C2CCCO2)CC1. The van der Waals surface area contributed by atoms with Crippen LogP contribution in [-0.2, 0) is 14.3 Å². The number of aliphatic imine (C=N–C) groups is 1. The molecule has 0 aliphatic carbocycles. The van der Waals surface area contributed by atoms with Crippen molar-refractivity contribution in [2.45, 2.75) is 37.9 Å². The Bertz CT molecular complexity index is 712. The zero-order chi connectivity index (χ0) is 20.8. The summed E-state index contributed by atoms with van der Waals surface area (Å²) in [4.78, 5) is 21.3. The fourth-order valence-corrected chi connectivity index (χ4v) is 4.73. The standard InChI is InChI=1S/C23H34N4O3/c1-24-23(27-13-11-26(12-14-27)22(28)20-10-6-15-29-20)25-17-19-9-5-16-30-21(19)18-7-3-2-4-8-18/h2-4,7-8,19-21H,5-6,9-17H2,1H3,(H,24,25). The third-order valence-corrected chi connectivity index (χ3v) is 6.40. The lowest BCUT2D eigenvalue weighted by Crippen LogP contribution is -2.55. The van der Waals surface area contributed by atoms with Crippen LogP contribution < -0.4 is 5.32 Å². The Morgan fingerprint density at radius 2 is 1.73 bits per heavy atom. The number of amides is 1. The lowest BCUT2D eigenvalue weighted by molar-refractivity contribution is -0.142. The summed E-state index contributed by atoms with van der Waals surface area (Å²) >= 11 is 0. The smallest absolute Gasteiger partial charge is 0.251 e. The molecule has 0 spiro atoms. The third kappa shape index (κ3) is 4.95. The topological polar surface area (TPSA) is 66.4 Å². The highest BCUT2D eigenvalue weighted by Crippen LogP contribution is 2.33. The molecule has 1 amide bonds. The number of hydrogen-bond donors (Lipinski definition) is 1. The summed E-state index contributed by atoms with van der Waals surface area (Å²) in [5.41, 5.74) is 1.25. The van der Waals surface area contributed by atoms with Crippen LogP contribution in [0.25, 0.3) is 0 Å². The molecule has 0 aromatic heterocycles. The molecule has 1 N–H and O–H groups in total. The van der Waals surface area contributed by atoms with E-state index < -0.39 is 0 Å². The third-order valence-electron chi connectivity index (χ3n) is 6.40. The number of nitrogens with one attached hydrogen (secondary N) is 1. The van der Waals surface area contributed by atoms with Gasteiger partial charge >= 0.3 is 0 Å². The summed E-state index contributed by atoms with van der Waals surface area (Å²) in [5, 5.41) is 3.58. The molecule has 4 rings (SSSR count). The van der Waals surface area contributed by atoms with Gasteiger partial charge in [-0.3, -0.25) is 9.79 Å². The quantitative estimate of drug-likeness (QED) is 0.603. The van der Waals surface area contributed by atoms with E-state index in [-0.39, 0.29) is 18.1 Å². The minimum absolute atomic E-state index is 0.131. The number of hydrogen-bond acceptors (Lipinski definition) is 4. The van der Waals surface area contributed by atoms with Gasteiger partial charge in [0.25, 0.3) is 5.91 Å². The molecule has 7 heteroatoms. The molecule has 3 aliphatic heterocycles. The van der Waals surface area contributed by atoms with E-state index in [9.17, 15) is 4.79 Å². The second-order valence-electron chi connectivity index (χ2n) is 8.35. The first-order chi connectivity index (χ1) is 14.8. The lowest BCUT2D eigenvalue weighted by Gasteiger charge is -2.38. The molecule has 1 aromatic carbocycles. The first-order valence-corrected chi connectivity index (χ1v) is 11.3. The van der Waals surface area contributed by atoms with E-state index in [0.717, 1.165) is 71.0 Å². The van der Waals surface area contributed by atoms with Crippen molar-refractivity contribution in [3.05, 3.63) is 35.9 Å². The predicted octanol–water partition coefficient (Wildman–Crippen LogP) is 2.05. The predicted molar refractivity (Wildman–Crippen MR) is 116 cm³/mol. The van der Waals surface area contributed by atoms with Crippen molar-refractivity contribution in [2.24, 2.45) is 10.9 Å². The fraction of sp³-hybridized carbons (Fsp3) is 0.652. The molecule has 1 aromatic rings. The van der Waals surface area contributed by atoms with Crippen LogP contribution in [0.2, 0.25) is 0 Å². The summed E-state index contributed by atoms with van der Waals surface area (Å²) in [5.74, 6) is 1.48. The number of piperazine rings is 1. The maximum atomic E-state index is 12.6. The molecule has 3 unspecified atom stereocenters. The van der Waals surface area contributed by atoms with Crippen LogP contribution in [0.1, 0.15) is 37.4 Å². The average molecular weight is 415 g/mol. The van der Waals surface area contributed by atoms with Crippen molar-refractivity contribution in [3.63, 3.8) is 0 Å². The first kappa shape index (κ1) is 21.1. The molecule has 30 heavy (non-hydrogen) atoms. The maximum Gasteiger partial charge on any atom is 0.251 e. The van der Waals surface area contributed by atoms with E-state index in [4.69, 9.17) is 9.47 Å². The average Bonchev–Trinajstić information content (AvgIpc) is 3.35. The summed E-state index contributed by atoms with van der Waals surface area (Å²) in [6, 6.07) is 10.5. The Labute approximate surface area is 179 Å². The van der Waals surface area contributed by atoms with Gasteiger partial charge in [0.2, 0.25) is 0 Å². The number of guanidine groups is 1. The number of nitrogens with zero attached hydrogens (tertiary/aromatic N) is 3. The van der Waals surface area contributed by atoms with Gasteiger partial charge in [-0.2, -0.15) is 0 Å². The van der Waals surface area contributed by atoms with E-state index in [1.807, 2.05) is 18.0 Å². The number of benzene rings is 1. The Balaban J connectivity index is 1.29. The molecule has 0 saturated carbocycles. The largest absolute Gasteiger partial charge is 0.373 e. The maximum absolute atomic E-state index is 12.6. The summed E-state index contributed by atoms with van der Waals surface area (Å²) in [6.07, 6.45) is 3.99. The number of rotatable bonds is 4. The Morgan fingerprint density at radius 1 is 1.03 bits per heavy atom. The van der Waals surface area contributed by atoms with Crippen LogP contribution in [-0.4, -0.2) is 80.8 Å². The molecule has 3 aliphatic rings. The van der Waals surface area contributed by atoms with Gasteiger partial charge in [0, 0.05) is 58.9 Å². The van der Waals surface area contributed by atoms with Gasteiger partial charge in [0.15, 0.2) is 5.96 Å². The van der Waals surface area contributed by atoms with Crippen LogP contribution >= 0.6 is 0 Å². The molecule has 3 heterocycles. The number of carbonyl (C=O) groups is 1. The second-order valence-corrected chi connectivity index (χ2v) is 8.35. The second kappa shape index (κ2) is 10.3. The zero-order valence-electron chi connectivity index (χ0n) is 18.0. The molecule has 3 fully saturated rings. The minimum Gasteiger partial charge on any atom is -0.373 e. The van der Waals surface area contributed by atoms with Gasteiger partial charge < -0.3 is 24.6 Å². The molecular formula is C23H34N4O3. The summed E-state index contributed by atoms with van der Waals surface area (Å²) in [6.45, 7) is 5.40. The zero-order valence-corrected chi connectivity index (χ0v) is 18.0. The van der Waals surface area contributed by atoms with Crippen LogP contribution in [0.5, 0.6) is 0 Å². The van der Waals surface area contributed by atoms with Gasteiger partial charge in [0.05, 0.1) is 6.10 Å². The van der Waals surface area contributed by atoms with Crippen molar-refractivity contribution in [2.75, 3.05) is 53.0 Å². The van der Waals surface area contributed by atoms with E-state index in [2.05, 4.69) is 39.5 Å². The van der Waals surface area contributed by atoms with Gasteiger partial charge in [-0.15, -0.1) is 0 Å². The molecule has 3 atom stereocenters. The van der Waals surface area contributed by atoms with Crippen molar-refractivity contribution < 1.29 is 14.3 Å². The highest BCUT2D eigenvalue weighted by Gasteiger charge is 2.32.